The van der Waals surface area contributed by atoms with Crippen molar-refractivity contribution in [2.45, 2.75) is 44.7 Å². The Morgan fingerprint density at radius 1 is 1.12 bits per heavy atom. The van der Waals surface area contributed by atoms with Crippen LogP contribution in [0.1, 0.15) is 45.3 Å². The average Bonchev–Trinajstić information content (AvgIpc) is 3.28. The maximum Gasteiger partial charge on any atom is 0.267 e. The van der Waals surface area contributed by atoms with Crippen LogP contribution in [0.25, 0.3) is 0 Å². The number of nitrogens with zero attached hydrogens (tertiary/aromatic N) is 4. The molecule has 1 aromatic carbocycles. The number of hydrogen-bond acceptors (Lipinski definition) is 5. The number of rotatable bonds is 2. The quantitative estimate of drug-likeness (QED) is 0.818. The van der Waals surface area contributed by atoms with Gasteiger partial charge in [-0.25, -0.2) is 0 Å². The number of aryl methyl sites for hydroxylation is 2. The van der Waals surface area contributed by atoms with E-state index in [9.17, 15) is 4.79 Å². The first-order valence-corrected chi connectivity index (χ1v) is 10.3. The summed E-state index contributed by atoms with van der Waals surface area (Å²) in [4.78, 5) is 18.8. The second-order valence-electron chi connectivity index (χ2n) is 8.02. The van der Waals surface area contributed by atoms with Crippen molar-refractivity contribution in [1.29, 1.82) is 0 Å². The lowest BCUT2D eigenvalue weighted by molar-refractivity contribution is -0.00328. The third-order valence-electron chi connectivity index (χ3n) is 6.61. The number of benzene rings is 1. The highest BCUT2D eigenvalue weighted by Crippen LogP contribution is 2.47. The molecule has 6 rings (SSSR count). The molecular weight excluding hydrogens is 344 g/mol. The van der Waals surface area contributed by atoms with Crippen LogP contribution < -0.4 is 0 Å². The van der Waals surface area contributed by atoms with Crippen LogP contribution in [0.2, 0.25) is 0 Å². The summed E-state index contributed by atoms with van der Waals surface area (Å²) in [5.41, 5.74) is 3.41. The van der Waals surface area contributed by atoms with E-state index in [1.165, 1.54) is 48.6 Å². The highest BCUT2D eigenvalue weighted by atomic mass is 32.1. The van der Waals surface area contributed by atoms with Crippen LogP contribution in [-0.2, 0) is 0 Å². The van der Waals surface area contributed by atoms with Crippen molar-refractivity contribution in [2.24, 2.45) is 5.92 Å². The number of carbonyl (C=O) groups is 1. The average molecular weight is 369 g/mol. The van der Waals surface area contributed by atoms with Crippen molar-refractivity contribution in [3.63, 3.8) is 0 Å². The molecule has 4 aliphatic rings. The minimum atomic E-state index is 0.135. The maximum atomic E-state index is 13.3. The Hall–Kier alpha value is -1.79. The Bertz CT molecular complexity index is 825. The van der Waals surface area contributed by atoms with Crippen molar-refractivity contribution in [2.75, 3.05) is 19.6 Å². The zero-order valence-corrected chi connectivity index (χ0v) is 16.1. The van der Waals surface area contributed by atoms with Crippen molar-refractivity contribution in [3.05, 3.63) is 46.0 Å². The fourth-order valence-corrected chi connectivity index (χ4v) is 5.93. The van der Waals surface area contributed by atoms with Gasteiger partial charge in [0.1, 0.15) is 4.88 Å². The van der Waals surface area contributed by atoms with Crippen LogP contribution in [0, 0.1) is 19.8 Å². The molecule has 4 aliphatic heterocycles. The van der Waals surface area contributed by atoms with Gasteiger partial charge < -0.3 is 4.90 Å². The molecule has 6 heteroatoms. The summed E-state index contributed by atoms with van der Waals surface area (Å²) >= 11 is 1.24. The second-order valence-corrected chi connectivity index (χ2v) is 8.77. The van der Waals surface area contributed by atoms with Gasteiger partial charge >= 0.3 is 0 Å². The molecule has 0 saturated carbocycles. The van der Waals surface area contributed by atoms with Gasteiger partial charge in [-0.05, 0) is 62.8 Å². The Kier molecular flexibility index (Phi) is 3.87. The molecule has 0 unspecified atom stereocenters. The standard InChI is InChI=1S/C20H24N4OS/c1-12-3-5-14(6-4-12)16-11-24(20(25)19-13(2)21-22-26-19)17-15-7-9-23(10-8-15)18(16)17/h3-6,15-18H,7-11H2,1-2H3/t16-,17+,18+/m0/s1. The van der Waals surface area contributed by atoms with Gasteiger partial charge in [-0.3, -0.25) is 9.69 Å². The summed E-state index contributed by atoms with van der Waals surface area (Å²) in [5, 5.41) is 4.06. The first-order valence-electron chi connectivity index (χ1n) is 9.54. The van der Waals surface area contributed by atoms with Crippen molar-refractivity contribution < 1.29 is 4.79 Å². The predicted octanol–water partition coefficient (Wildman–Crippen LogP) is 2.86. The summed E-state index contributed by atoms with van der Waals surface area (Å²) in [6.45, 7) is 7.18. The van der Waals surface area contributed by atoms with E-state index in [0.29, 0.717) is 28.8 Å². The fraction of sp³-hybridized carbons (Fsp3) is 0.550. The Morgan fingerprint density at radius 2 is 1.85 bits per heavy atom. The molecule has 5 heterocycles. The fourth-order valence-electron chi connectivity index (χ4n) is 5.32. The number of piperidine rings is 3. The molecule has 2 aromatic rings. The lowest BCUT2D eigenvalue weighted by Crippen LogP contribution is -2.60. The molecule has 26 heavy (non-hydrogen) atoms. The molecule has 1 amide bonds. The van der Waals surface area contributed by atoms with Crippen LogP contribution in [0.4, 0.5) is 0 Å². The van der Waals surface area contributed by atoms with Gasteiger partial charge in [0.15, 0.2) is 0 Å². The van der Waals surface area contributed by atoms with Gasteiger partial charge in [0.25, 0.3) is 5.91 Å². The van der Waals surface area contributed by atoms with Crippen molar-refractivity contribution >= 4 is 17.4 Å². The predicted molar refractivity (Wildman–Crippen MR) is 101 cm³/mol. The van der Waals surface area contributed by atoms with E-state index in [2.05, 4.69) is 50.6 Å². The highest BCUT2D eigenvalue weighted by Gasteiger charge is 2.54. The zero-order chi connectivity index (χ0) is 17.8. The lowest BCUT2D eigenvalue weighted by Gasteiger charge is -2.51. The molecule has 136 valence electrons. The van der Waals surface area contributed by atoms with Crippen LogP contribution >= 0.6 is 11.5 Å². The maximum absolute atomic E-state index is 13.3. The van der Waals surface area contributed by atoms with E-state index in [1.807, 2.05) is 6.92 Å². The molecule has 3 atom stereocenters. The summed E-state index contributed by atoms with van der Waals surface area (Å²) in [5.74, 6) is 1.16. The van der Waals surface area contributed by atoms with Crippen LogP contribution in [-0.4, -0.2) is 57.0 Å². The van der Waals surface area contributed by atoms with Crippen molar-refractivity contribution in [1.82, 2.24) is 19.4 Å². The summed E-state index contributed by atoms with van der Waals surface area (Å²) < 4.78 is 3.99. The van der Waals surface area contributed by atoms with E-state index < -0.39 is 0 Å². The molecule has 5 nitrogen and oxygen atoms in total. The number of amides is 1. The van der Waals surface area contributed by atoms with Gasteiger partial charge in [-0.15, -0.1) is 5.10 Å². The molecule has 0 spiro atoms. The third kappa shape index (κ3) is 2.42. The van der Waals surface area contributed by atoms with Crippen LogP contribution in [0.5, 0.6) is 0 Å². The number of fused-ring (bicyclic) bond motifs is 2. The number of aromatic nitrogens is 2. The van der Waals surface area contributed by atoms with Gasteiger partial charge in [0.05, 0.1) is 11.7 Å². The number of carbonyl (C=O) groups excluding carboxylic acids is 1. The van der Waals surface area contributed by atoms with Crippen molar-refractivity contribution in [3.8, 4) is 0 Å². The molecule has 0 radical (unpaired) electrons. The smallest absolute Gasteiger partial charge is 0.267 e. The minimum absolute atomic E-state index is 0.135. The molecule has 1 aromatic heterocycles. The largest absolute Gasteiger partial charge is 0.332 e. The Morgan fingerprint density at radius 3 is 2.50 bits per heavy atom. The van der Waals surface area contributed by atoms with E-state index in [-0.39, 0.29) is 5.91 Å². The monoisotopic (exact) mass is 368 g/mol. The lowest BCUT2D eigenvalue weighted by atomic mass is 9.75. The number of likely N-dealkylation sites (tertiary alicyclic amines) is 1. The SMILES string of the molecule is Cc1ccc([C@@H]2CN(C(=O)c3snnc3C)[C@@H]3C4CCN(CC4)[C@@H]32)cc1. The van der Waals surface area contributed by atoms with Crippen LogP contribution in [0.3, 0.4) is 0 Å². The summed E-state index contributed by atoms with van der Waals surface area (Å²) in [6, 6.07) is 9.69. The van der Waals surface area contributed by atoms with E-state index >= 15 is 0 Å². The minimum Gasteiger partial charge on any atom is -0.332 e. The molecule has 4 saturated heterocycles. The van der Waals surface area contributed by atoms with Gasteiger partial charge in [0, 0.05) is 18.5 Å². The topological polar surface area (TPSA) is 49.3 Å². The molecule has 4 fully saturated rings. The second kappa shape index (κ2) is 6.13. The normalized spacial score (nSPS) is 32.7. The zero-order valence-electron chi connectivity index (χ0n) is 15.3. The van der Waals surface area contributed by atoms with Gasteiger partial charge in [-0.2, -0.15) is 0 Å². The third-order valence-corrected chi connectivity index (χ3v) is 7.42. The van der Waals surface area contributed by atoms with E-state index in [1.54, 1.807) is 0 Å². The first-order chi connectivity index (χ1) is 12.6. The molecule has 2 bridgehead atoms. The van der Waals surface area contributed by atoms with Gasteiger partial charge in [0.2, 0.25) is 0 Å². The van der Waals surface area contributed by atoms with E-state index in [0.717, 1.165) is 12.2 Å². The van der Waals surface area contributed by atoms with Gasteiger partial charge in [-0.1, -0.05) is 34.3 Å². The molecular formula is C20H24N4OS. The highest BCUT2D eigenvalue weighted by molar-refractivity contribution is 7.07. The number of hydrogen-bond donors (Lipinski definition) is 0. The molecule has 0 N–H and O–H groups in total. The van der Waals surface area contributed by atoms with Crippen LogP contribution in [0.15, 0.2) is 24.3 Å². The first kappa shape index (κ1) is 16.4. The summed E-state index contributed by atoms with van der Waals surface area (Å²) in [6.07, 6.45) is 2.43. The molecule has 0 aliphatic carbocycles. The Labute approximate surface area is 158 Å². The Balaban J connectivity index is 1.53. The van der Waals surface area contributed by atoms with E-state index in [4.69, 9.17) is 0 Å². The summed E-state index contributed by atoms with van der Waals surface area (Å²) in [7, 11) is 0.